The molecule has 0 unspecified atom stereocenters. The number of aliphatic imine (C=N–C) groups is 1. The fraction of sp³-hybridized carbons (Fsp3) is 0.667. The van der Waals surface area contributed by atoms with E-state index < -0.39 is 0 Å². The molecule has 0 aliphatic carbocycles. The van der Waals surface area contributed by atoms with E-state index in [4.69, 9.17) is 0 Å². The van der Waals surface area contributed by atoms with Crippen LogP contribution in [0.3, 0.4) is 0 Å². The molecule has 8 heteroatoms. The summed E-state index contributed by atoms with van der Waals surface area (Å²) in [6.07, 6.45) is 2.06. The lowest BCUT2D eigenvalue weighted by molar-refractivity contribution is -0.127. The van der Waals surface area contributed by atoms with Crippen LogP contribution in [0.1, 0.15) is 17.0 Å². The van der Waals surface area contributed by atoms with Gasteiger partial charge in [0.2, 0.25) is 5.91 Å². The molecule has 0 saturated heterocycles. The van der Waals surface area contributed by atoms with Crippen LogP contribution in [0.25, 0.3) is 0 Å². The summed E-state index contributed by atoms with van der Waals surface area (Å²) in [5.41, 5.74) is 3.22. The van der Waals surface area contributed by atoms with Crippen molar-refractivity contribution < 1.29 is 4.79 Å². The van der Waals surface area contributed by atoms with Gasteiger partial charge in [-0.15, -0.1) is 0 Å². The maximum atomic E-state index is 11.7. The Hall–Kier alpha value is -1.70. The Morgan fingerprint density at radius 1 is 1.35 bits per heavy atom. The van der Waals surface area contributed by atoms with Gasteiger partial charge in [0, 0.05) is 44.7 Å². The Bertz CT molecular complexity index is 552. The van der Waals surface area contributed by atoms with Crippen LogP contribution in [-0.2, 0) is 18.4 Å². The third-order valence-electron chi connectivity index (χ3n) is 3.56. The fourth-order valence-electron chi connectivity index (χ4n) is 1.97. The number of rotatable bonds is 7. The minimum atomic E-state index is 0.0121. The number of aromatic nitrogens is 2. The molecule has 2 N–H and O–H groups in total. The largest absolute Gasteiger partial charge is 0.356 e. The summed E-state index contributed by atoms with van der Waals surface area (Å²) < 4.78 is 1.87. The van der Waals surface area contributed by atoms with E-state index in [1.165, 1.54) is 0 Å². The molecule has 0 spiro atoms. The number of guanidine groups is 1. The van der Waals surface area contributed by atoms with Gasteiger partial charge in [-0.05, 0) is 20.1 Å². The van der Waals surface area contributed by atoms with Gasteiger partial charge in [0.05, 0.1) is 18.8 Å². The van der Waals surface area contributed by atoms with Crippen LogP contribution in [0, 0.1) is 13.8 Å². The molecular weight excluding hydrogens is 312 g/mol. The topological polar surface area (TPSA) is 74.5 Å². The summed E-state index contributed by atoms with van der Waals surface area (Å²) in [4.78, 5) is 17.9. The number of amides is 1. The highest BCUT2D eigenvalue weighted by Gasteiger charge is 2.10. The second-order valence-corrected chi connectivity index (χ2v) is 6.48. The molecule has 0 aliphatic heterocycles. The first kappa shape index (κ1) is 19.3. The Morgan fingerprint density at radius 2 is 2.04 bits per heavy atom. The van der Waals surface area contributed by atoms with Crippen molar-refractivity contribution >= 4 is 23.6 Å². The number of likely N-dealkylation sites (N-methyl/N-ethyl adjacent to an activating group) is 1. The van der Waals surface area contributed by atoms with Crippen molar-refractivity contribution in [3.63, 3.8) is 0 Å². The van der Waals surface area contributed by atoms with Crippen molar-refractivity contribution in [3.8, 4) is 0 Å². The summed E-state index contributed by atoms with van der Waals surface area (Å²) >= 11 is 1.76. The van der Waals surface area contributed by atoms with Gasteiger partial charge >= 0.3 is 0 Å². The Kier molecular flexibility index (Phi) is 7.94. The number of carbonyl (C=O) groups excluding carboxylic acids is 1. The lowest BCUT2D eigenvalue weighted by Crippen LogP contribution is -2.43. The third-order valence-corrected chi connectivity index (χ3v) is 4.17. The highest BCUT2D eigenvalue weighted by molar-refractivity contribution is 7.98. The second-order valence-electron chi connectivity index (χ2n) is 5.50. The van der Waals surface area contributed by atoms with Crippen molar-refractivity contribution in [2.75, 3.05) is 39.2 Å². The van der Waals surface area contributed by atoms with E-state index in [9.17, 15) is 4.79 Å². The van der Waals surface area contributed by atoms with Crippen LogP contribution >= 0.6 is 11.8 Å². The van der Waals surface area contributed by atoms with E-state index in [1.54, 1.807) is 30.8 Å². The second kappa shape index (κ2) is 9.44. The first-order valence-corrected chi connectivity index (χ1v) is 8.96. The maximum Gasteiger partial charge on any atom is 0.241 e. The van der Waals surface area contributed by atoms with Crippen molar-refractivity contribution in [1.29, 1.82) is 0 Å². The van der Waals surface area contributed by atoms with Crippen LogP contribution in [0.4, 0.5) is 0 Å². The summed E-state index contributed by atoms with van der Waals surface area (Å²) in [6, 6.07) is 0. The molecule has 23 heavy (non-hydrogen) atoms. The minimum absolute atomic E-state index is 0.0121. The first-order chi connectivity index (χ1) is 10.9. The van der Waals surface area contributed by atoms with Crippen LogP contribution in [-0.4, -0.2) is 65.7 Å². The van der Waals surface area contributed by atoms with E-state index >= 15 is 0 Å². The Balaban J connectivity index is 2.74. The van der Waals surface area contributed by atoms with Gasteiger partial charge in [0.15, 0.2) is 5.96 Å². The van der Waals surface area contributed by atoms with Crippen molar-refractivity contribution in [2.24, 2.45) is 12.0 Å². The number of nitrogens with one attached hydrogen (secondary N) is 2. The van der Waals surface area contributed by atoms with E-state index in [0.717, 1.165) is 29.2 Å². The van der Waals surface area contributed by atoms with Crippen LogP contribution in [0.5, 0.6) is 0 Å². The maximum absolute atomic E-state index is 11.7. The predicted octanol–water partition coefficient (Wildman–Crippen LogP) is 0.523. The molecule has 0 aliphatic rings. The first-order valence-electron chi connectivity index (χ1n) is 7.57. The average molecular weight is 340 g/mol. The quantitative estimate of drug-likeness (QED) is 0.430. The molecule has 0 aromatic carbocycles. The summed E-state index contributed by atoms with van der Waals surface area (Å²) in [5.74, 6) is 1.64. The zero-order valence-corrected chi connectivity index (χ0v) is 15.8. The van der Waals surface area contributed by atoms with Crippen LogP contribution in [0.15, 0.2) is 4.99 Å². The molecule has 0 atom stereocenters. The van der Waals surface area contributed by atoms with E-state index in [2.05, 4.69) is 27.0 Å². The van der Waals surface area contributed by atoms with Gasteiger partial charge in [-0.2, -0.15) is 16.9 Å². The van der Waals surface area contributed by atoms with Gasteiger partial charge in [-0.1, -0.05) is 0 Å². The third kappa shape index (κ3) is 6.13. The molecule has 130 valence electrons. The molecule has 1 amide bonds. The molecule has 0 fully saturated rings. The smallest absolute Gasteiger partial charge is 0.241 e. The monoisotopic (exact) mass is 340 g/mol. The normalized spacial score (nSPS) is 11.5. The summed E-state index contributed by atoms with van der Waals surface area (Å²) in [7, 11) is 5.41. The van der Waals surface area contributed by atoms with Crippen LogP contribution < -0.4 is 10.6 Å². The number of nitrogens with zero attached hydrogens (tertiary/aromatic N) is 4. The van der Waals surface area contributed by atoms with Gasteiger partial charge in [0.25, 0.3) is 0 Å². The van der Waals surface area contributed by atoms with E-state index in [1.807, 2.05) is 25.6 Å². The number of carbonyl (C=O) groups is 1. The lowest BCUT2D eigenvalue weighted by Gasteiger charge is -2.14. The van der Waals surface area contributed by atoms with Gasteiger partial charge in [0.1, 0.15) is 0 Å². The van der Waals surface area contributed by atoms with Crippen molar-refractivity contribution in [3.05, 3.63) is 17.0 Å². The highest BCUT2D eigenvalue weighted by Crippen LogP contribution is 2.12. The average Bonchev–Trinajstić information content (AvgIpc) is 2.74. The summed E-state index contributed by atoms with van der Waals surface area (Å²) in [6.45, 7) is 5.59. The standard InChI is InChI=1S/C15H28N6OS/c1-11-13(12(2)21(5)19-11)9-17-15(16-7-8-23-6)18-10-14(22)20(3)4/h7-10H2,1-6H3,(H2,16,17,18). The van der Waals surface area contributed by atoms with Gasteiger partial charge < -0.3 is 15.5 Å². The molecule has 1 aromatic rings. The zero-order chi connectivity index (χ0) is 17.4. The van der Waals surface area contributed by atoms with Crippen molar-refractivity contribution in [2.45, 2.75) is 20.4 Å². The van der Waals surface area contributed by atoms with E-state index in [-0.39, 0.29) is 12.5 Å². The molecular formula is C15H28N6OS. The number of hydrogen-bond donors (Lipinski definition) is 2. The Labute approximate surface area is 142 Å². The lowest BCUT2D eigenvalue weighted by atomic mass is 10.2. The van der Waals surface area contributed by atoms with Crippen molar-refractivity contribution in [1.82, 2.24) is 25.3 Å². The molecule has 1 aromatic heterocycles. The van der Waals surface area contributed by atoms with Gasteiger partial charge in [-0.3, -0.25) is 9.48 Å². The molecule has 7 nitrogen and oxygen atoms in total. The van der Waals surface area contributed by atoms with Crippen LogP contribution in [0.2, 0.25) is 0 Å². The molecule has 0 radical (unpaired) electrons. The number of aryl methyl sites for hydroxylation is 2. The summed E-state index contributed by atoms with van der Waals surface area (Å²) in [5, 5.41) is 10.7. The Morgan fingerprint density at radius 3 is 2.57 bits per heavy atom. The molecule has 0 saturated carbocycles. The number of hydrogen-bond acceptors (Lipinski definition) is 4. The van der Waals surface area contributed by atoms with E-state index in [0.29, 0.717) is 12.5 Å². The highest BCUT2D eigenvalue weighted by atomic mass is 32.2. The molecule has 1 rings (SSSR count). The number of thioether (sulfide) groups is 1. The fourth-order valence-corrected chi connectivity index (χ4v) is 2.27. The van der Waals surface area contributed by atoms with Gasteiger partial charge in [-0.25, -0.2) is 4.99 Å². The molecule has 1 heterocycles. The zero-order valence-electron chi connectivity index (χ0n) is 14.9. The minimum Gasteiger partial charge on any atom is -0.356 e. The predicted molar refractivity (Wildman–Crippen MR) is 96.9 cm³/mol. The SMILES string of the molecule is CSCCNC(=NCc1c(C)nn(C)c1C)NCC(=O)N(C)C. The molecule has 0 bridgehead atoms.